The number of aryl methyl sites for hydroxylation is 2. The van der Waals surface area contributed by atoms with Gasteiger partial charge in [-0.15, -0.1) is 0 Å². The summed E-state index contributed by atoms with van der Waals surface area (Å²) in [5.41, 5.74) is 5.00. The molecule has 1 atom stereocenters. The average Bonchev–Trinajstić information content (AvgIpc) is 3.00. The molecule has 3 heterocycles. The van der Waals surface area contributed by atoms with E-state index in [1.54, 1.807) is 4.90 Å². The standard InChI is InChI=1S/C26H29Br2ClN4O2/c27-19-12-18-3-2-17-13-20(29)14-21(28)23(17)24(25(18)31-15-19)16-4-9-32(10-5-16)22(34)6-11-33-8-1-7-30-26(33)35/h12-16,24H,1-11H2,(H,30,35)/t24-/m1/s1. The van der Waals surface area contributed by atoms with Crippen molar-refractivity contribution >= 4 is 55.4 Å². The van der Waals surface area contributed by atoms with E-state index in [0.717, 1.165) is 77.9 Å². The summed E-state index contributed by atoms with van der Waals surface area (Å²) in [5.74, 6) is 0.684. The number of pyridine rings is 1. The number of nitrogens with one attached hydrogen (secondary N) is 1. The molecular formula is C26H29Br2ClN4O2. The zero-order valence-corrected chi connectivity index (χ0v) is 23.5. The molecular weight excluding hydrogens is 596 g/mol. The van der Waals surface area contributed by atoms with Gasteiger partial charge in [0.25, 0.3) is 0 Å². The number of nitrogens with zero attached hydrogens (tertiary/aromatic N) is 3. The summed E-state index contributed by atoms with van der Waals surface area (Å²) in [6.07, 6.45) is 6.92. The van der Waals surface area contributed by atoms with Crippen LogP contribution in [0, 0.1) is 5.92 Å². The van der Waals surface area contributed by atoms with Crippen molar-refractivity contribution in [3.63, 3.8) is 0 Å². The normalized spacial score (nSPS) is 20.7. The van der Waals surface area contributed by atoms with Gasteiger partial charge in [0.1, 0.15) is 0 Å². The number of likely N-dealkylation sites (tertiary alicyclic amines) is 1. The van der Waals surface area contributed by atoms with E-state index in [2.05, 4.69) is 49.3 Å². The lowest BCUT2D eigenvalue weighted by molar-refractivity contribution is -0.132. The first-order valence-corrected chi connectivity index (χ1v) is 14.3. The minimum Gasteiger partial charge on any atom is -0.343 e. The Morgan fingerprint density at radius 3 is 2.66 bits per heavy atom. The molecule has 2 aromatic rings. The van der Waals surface area contributed by atoms with E-state index < -0.39 is 0 Å². The highest BCUT2D eigenvalue weighted by Crippen LogP contribution is 2.46. The van der Waals surface area contributed by atoms with Crippen LogP contribution in [0.3, 0.4) is 0 Å². The van der Waals surface area contributed by atoms with Gasteiger partial charge in [0, 0.05) is 65.2 Å². The molecule has 0 spiro atoms. The van der Waals surface area contributed by atoms with Gasteiger partial charge in [-0.25, -0.2) is 4.79 Å². The van der Waals surface area contributed by atoms with Crippen LogP contribution >= 0.6 is 43.5 Å². The molecule has 1 aromatic heterocycles. The second-order valence-electron chi connectivity index (χ2n) is 9.68. The van der Waals surface area contributed by atoms with Crippen molar-refractivity contribution in [2.45, 2.75) is 44.4 Å². The molecule has 3 amide bonds. The van der Waals surface area contributed by atoms with E-state index in [0.29, 0.717) is 18.9 Å². The largest absolute Gasteiger partial charge is 0.343 e. The number of carbonyl (C=O) groups is 2. The van der Waals surface area contributed by atoms with Gasteiger partial charge in [0.15, 0.2) is 0 Å². The van der Waals surface area contributed by atoms with Crippen LogP contribution in [0.4, 0.5) is 4.79 Å². The summed E-state index contributed by atoms with van der Waals surface area (Å²) >= 11 is 13.8. The van der Waals surface area contributed by atoms with Crippen LogP contribution in [0.1, 0.15) is 54.0 Å². The third kappa shape index (κ3) is 5.39. The van der Waals surface area contributed by atoms with Gasteiger partial charge < -0.3 is 15.1 Å². The van der Waals surface area contributed by atoms with E-state index in [1.807, 2.05) is 17.2 Å². The lowest BCUT2D eigenvalue weighted by atomic mass is 9.76. The third-order valence-electron chi connectivity index (χ3n) is 7.54. The van der Waals surface area contributed by atoms with Gasteiger partial charge in [-0.3, -0.25) is 9.78 Å². The number of fused-ring (bicyclic) bond motifs is 2. The van der Waals surface area contributed by atoms with Crippen molar-refractivity contribution in [3.05, 3.63) is 60.7 Å². The maximum Gasteiger partial charge on any atom is 0.317 e. The monoisotopic (exact) mass is 622 g/mol. The Morgan fingerprint density at radius 1 is 1.11 bits per heavy atom. The van der Waals surface area contributed by atoms with Crippen LogP contribution in [0.5, 0.6) is 0 Å². The van der Waals surface area contributed by atoms with E-state index in [4.69, 9.17) is 16.6 Å². The van der Waals surface area contributed by atoms with Crippen LogP contribution in [-0.4, -0.2) is 59.4 Å². The van der Waals surface area contributed by atoms with Gasteiger partial charge in [-0.1, -0.05) is 27.5 Å². The Morgan fingerprint density at radius 2 is 1.89 bits per heavy atom. The van der Waals surface area contributed by atoms with E-state index in [1.165, 1.54) is 16.7 Å². The Hall–Kier alpha value is -1.64. The fraction of sp³-hybridized carbons (Fsp3) is 0.500. The van der Waals surface area contributed by atoms with E-state index >= 15 is 0 Å². The van der Waals surface area contributed by atoms with Crippen molar-refractivity contribution in [1.82, 2.24) is 20.1 Å². The molecule has 1 aromatic carbocycles. The van der Waals surface area contributed by atoms with Crippen molar-refractivity contribution in [2.75, 3.05) is 32.7 Å². The molecule has 2 aliphatic heterocycles. The zero-order chi connectivity index (χ0) is 24.5. The molecule has 9 heteroatoms. The second kappa shape index (κ2) is 10.8. The number of hydrogen-bond donors (Lipinski definition) is 1. The number of urea groups is 1. The van der Waals surface area contributed by atoms with Gasteiger partial charge in [0.2, 0.25) is 5.91 Å². The molecule has 2 saturated heterocycles. The number of carbonyl (C=O) groups excluding carboxylic acids is 2. The highest BCUT2D eigenvalue weighted by Gasteiger charge is 2.36. The van der Waals surface area contributed by atoms with Crippen molar-refractivity contribution < 1.29 is 9.59 Å². The Bertz CT molecular complexity index is 1140. The van der Waals surface area contributed by atoms with E-state index in [9.17, 15) is 9.59 Å². The lowest BCUT2D eigenvalue weighted by Crippen LogP contribution is -2.48. The number of hydrogen-bond acceptors (Lipinski definition) is 3. The number of aromatic nitrogens is 1. The summed E-state index contributed by atoms with van der Waals surface area (Å²) in [6.45, 7) is 3.40. The van der Waals surface area contributed by atoms with Crippen molar-refractivity contribution in [3.8, 4) is 0 Å². The summed E-state index contributed by atoms with van der Waals surface area (Å²) in [5, 5.41) is 3.60. The Kier molecular flexibility index (Phi) is 7.70. The molecule has 6 nitrogen and oxygen atoms in total. The molecule has 0 unspecified atom stereocenters. The smallest absolute Gasteiger partial charge is 0.317 e. The molecule has 3 aliphatic rings. The lowest BCUT2D eigenvalue weighted by Gasteiger charge is -2.37. The first-order chi connectivity index (χ1) is 16.9. The van der Waals surface area contributed by atoms with Crippen molar-refractivity contribution in [2.24, 2.45) is 5.92 Å². The highest BCUT2D eigenvalue weighted by atomic mass is 79.9. The molecule has 186 valence electrons. The molecule has 35 heavy (non-hydrogen) atoms. The number of amides is 3. The molecule has 0 saturated carbocycles. The molecule has 0 bridgehead atoms. The fourth-order valence-electron chi connectivity index (χ4n) is 5.79. The molecule has 1 N–H and O–H groups in total. The average molecular weight is 625 g/mol. The van der Waals surface area contributed by atoms with E-state index in [-0.39, 0.29) is 17.9 Å². The highest BCUT2D eigenvalue weighted by molar-refractivity contribution is 9.10. The predicted octanol–water partition coefficient (Wildman–Crippen LogP) is 5.53. The minimum absolute atomic E-state index is 0.0572. The second-order valence-corrected chi connectivity index (χ2v) is 11.9. The first kappa shape index (κ1) is 25.0. The minimum atomic E-state index is -0.0572. The van der Waals surface area contributed by atoms with Gasteiger partial charge in [-0.2, -0.15) is 0 Å². The van der Waals surface area contributed by atoms with Gasteiger partial charge in [0.05, 0.1) is 5.69 Å². The van der Waals surface area contributed by atoms with Crippen LogP contribution in [-0.2, 0) is 17.6 Å². The Labute approximate surface area is 228 Å². The number of rotatable bonds is 4. The number of piperidine rings is 1. The van der Waals surface area contributed by atoms with Crippen LogP contribution < -0.4 is 5.32 Å². The molecule has 5 rings (SSSR count). The zero-order valence-electron chi connectivity index (χ0n) is 19.5. The third-order valence-corrected chi connectivity index (χ3v) is 8.85. The SMILES string of the molecule is O=C(CCN1CCCNC1=O)N1CCC([C@H]2c3ncc(Br)cc3CCc3cc(Cl)cc(Br)c32)CC1. The van der Waals surface area contributed by atoms with Crippen molar-refractivity contribution in [1.29, 1.82) is 0 Å². The fourth-order valence-corrected chi connectivity index (χ4v) is 7.29. The van der Waals surface area contributed by atoms with Gasteiger partial charge in [-0.05, 0) is 88.8 Å². The van der Waals surface area contributed by atoms with Crippen LogP contribution in [0.2, 0.25) is 5.02 Å². The number of halogens is 3. The molecule has 1 aliphatic carbocycles. The van der Waals surface area contributed by atoms with Crippen LogP contribution in [0.25, 0.3) is 0 Å². The van der Waals surface area contributed by atoms with Crippen LogP contribution in [0.15, 0.2) is 33.3 Å². The maximum absolute atomic E-state index is 12.9. The number of benzene rings is 1. The molecule has 0 radical (unpaired) electrons. The summed E-state index contributed by atoms with van der Waals surface area (Å²) in [6, 6.07) is 6.24. The molecule has 2 fully saturated rings. The summed E-state index contributed by atoms with van der Waals surface area (Å²) in [7, 11) is 0. The predicted molar refractivity (Wildman–Crippen MR) is 144 cm³/mol. The maximum atomic E-state index is 12.9. The van der Waals surface area contributed by atoms with Gasteiger partial charge >= 0.3 is 6.03 Å². The summed E-state index contributed by atoms with van der Waals surface area (Å²) < 4.78 is 2.04. The topological polar surface area (TPSA) is 65.5 Å². The Balaban J connectivity index is 1.33. The first-order valence-electron chi connectivity index (χ1n) is 12.3. The summed E-state index contributed by atoms with van der Waals surface area (Å²) in [4.78, 5) is 33.5. The quantitative estimate of drug-likeness (QED) is 0.487.